The van der Waals surface area contributed by atoms with Crippen LogP contribution in [-0.4, -0.2) is 87.0 Å². The van der Waals surface area contributed by atoms with Crippen LogP contribution in [0.1, 0.15) is 12.1 Å². The van der Waals surface area contributed by atoms with Crippen molar-refractivity contribution < 1.29 is 29.4 Å². The van der Waals surface area contributed by atoms with Gasteiger partial charge in [-0.1, -0.05) is 17.8 Å². The summed E-state index contributed by atoms with van der Waals surface area (Å²) >= 11 is 3.65. The Balaban J connectivity index is 1.50. The van der Waals surface area contributed by atoms with Gasteiger partial charge in [0.2, 0.25) is 5.16 Å². The first kappa shape index (κ1) is 24.7. The van der Waals surface area contributed by atoms with E-state index in [1.807, 2.05) is 0 Å². The van der Waals surface area contributed by atoms with Gasteiger partial charge >= 0.3 is 11.9 Å². The van der Waals surface area contributed by atoms with Gasteiger partial charge in [-0.3, -0.25) is 19.3 Å². The number of hydrogen-bond donors (Lipinski definition) is 4. The number of fused-ring (bicyclic) bond motifs is 1. The van der Waals surface area contributed by atoms with Crippen molar-refractivity contribution in [3.63, 3.8) is 0 Å². The Kier molecular flexibility index (Phi) is 7.08. The fourth-order valence-electron chi connectivity index (χ4n) is 3.42. The van der Waals surface area contributed by atoms with Gasteiger partial charge in [0.05, 0.1) is 17.7 Å². The van der Waals surface area contributed by atoms with Crippen LogP contribution in [-0.2, 0) is 26.2 Å². The standard InChI is InChI=1S/C18H18N8O6S3/c1-25-18(22-23-24-25)35-5-7-4-33-15-11(14(30)26(15)12(7)16(31)32)21-13(29)8(2-3-10(27)28)9-6-34-17(19)20-9/h2,6,11,15H,3-5H2,1H3,(H2,19,20)(H,21,29)(H,27,28)(H,31,32)/b8-2+/t11?,15-/m1/s1. The molecule has 2 amide bonds. The summed E-state index contributed by atoms with van der Waals surface area (Å²) in [4.78, 5) is 54.1. The highest BCUT2D eigenvalue weighted by Gasteiger charge is 2.54. The number of aryl methyl sites for hydroxylation is 1. The van der Waals surface area contributed by atoms with E-state index in [9.17, 15) is 24.3 Å². The van der Waals surface area contributed by atoms with E-state index in [2.05, 4.69) is 25.8 Å². The lowest BCUT2D eigenvalue weighted by Crippen LogP contribution is -2.70. The maximum atomic E-state index is 13.0. The summed E-state index contributed by atoms with van der Waals surface area (Å²) in [6.07, 6.45) is 0.761. The van der Waals surface area contributed by atoms with Crippen LogP contribution in [0.4, 0.5) is 5.13 Å². The third-order valence-electron chi connectivity index (χ3n) is 5.02. The van der Waals surface area contributed by atoms with Crippen LogP contribution in [0.5, 0.6) is 0 Å². The fourth-order valence-corrected chi connectivity index (χ4v) is 6.32. The maximum absolute atomic E-state index is 13.0. The molecule has 0 spiro atoms. The van der Waals surface area contributed by atoms with E-state index in [0.717, 1.165) is 16.2 Å². The average Bonchev–Trinajstić information content (AvgIpc) is 3.42. The van der Waals surface area contributed by atoms with Gasteiger partial charge in [0, 0.05) is 23.9 Å². The number of thioether (sulfide) groups is 2. The normalized spacial score (nSPS) is 19.9. The fraction of sp³-hybridized carbons (Fsp3) is 0.333. The molecule has 5 N–H and O–H groups in total. The van der Waals surface area contributed by atoms with Crippen molar-refractivity contribution in [2.75, 3.05) is 17.2 Å². The number of nitrogens with two attached hydrogens (primary N) is 1. The molecular formula is C18H18N8O6S3. The second kappa shape index (κ2) is 10.0. The van der Waals surface area contributed by atoms with E-state index >= 15 is 0 Å². The molecule has 2 aliphatic heterocycles. The third-order valence-corrected chi connectivity index (χ3v) is 8.13. The van der Waals surface area contributed by atoms with Crippen LogP contribution < -0.4 is 11.1 Å². The van der Waals surface area contributed by atoms with Crippen LogP contribution >= 0.6 is 34.9 Å². The Hall–Kier alpha value is -3.44. The van der Waals surface area contributed by atoms with Gasteiger partial charge in [0.25, 0.3) is 11.8 Å². The number of anilines is 1. The number of hydrogen-bond acceptors (Lipinski definition) is 12. The van der Waals surface area contributed by atoms with E-state index in [1.165, 1.54) is 39.7 Å². The monoisotopic (exact) mass is 538 g/mol. The molecule has 2 aromatic rings. The number of aliphatic carboxylic acids is 2. The Bertz CT molecular complexity index is 1270. The largest absolute Gasteiger partial charge is 0.481 e. The van der Waals surface area contributed by atoms with Crippen molar-refractivity contribution in [2.24, 2.45) is 7.05 Å². The predicted octanol–water partition coefficient (Wildman–Crippen LogP) is -0.362. The third kappa shape index (κ3) is 5.01. The minimum Gasteiger partial charge on any atom is -0.481 e. The highest BCUT2D eigenvalue weighted by Crippen LogP contribution is 2.41. The molecule has 1 saturated heterocycles. The lowest BCUT2D eigenvalue weighted by molar-refractivity contribution is -0.150. The Labute approximate surface area is 209 Å². The quantitative estimate of drug-likeness (QED) is 0.183. The SMILES string of the molecule is Cn1nnnc1SCC1=C(C(=O)O)N2C(=O)C(NC(=O)/C(=C/CC(=O)O)c3csc(N)n3)[C@H]2SC1. The van der Waals surface area contributed by atoms with Crippen LogP contribution in [0.2, 0.25) is 0 Å². The van der Waals surface area contributed by atoms with E-state index in [0.29, 0.717) is 16.5 Å². The molecule has 0 bridgehead atoms. The number of carbonyl (C=O) groups excluding carboxylic acids is 2. The Morgan fingerprint density at radius 3 is 2.74 bits per heavy atom. The molecule has 0 radical (unpaired) electrons. The molecule has 2 atom stereocenters. The van der Waals surface area contributed by atoms with Gasteiger partial charge in [-0.25, -0.2) is 14.5 Å². The maximum Gasteiger partial charge on any atom is 0.352 e. The topological polar surface area (TPSA) is 207 Å². The number of thiazole rings is 1. The molecule has 0 saturated carbocycles. The van der Waals surface area contributed by atoms with Gasteiger partial charge in [-0.05, 0) is 16.0 Å². The van der Waals surface area contributed by atoms with Crippen LogP contribution in [0.3, 0.4) is 0 Å². The number of aromatic nitrogens is 5. The number of rotatable bonds is 9. The van der Waals surface area contributed by atoms with Gasteiger partial charge in [-0.2, -0.15) is 0 Å². The average molecular weight is 539 g/mol. The molecule has 14 nitrogen and oxygen atoms in total. The van der Waals surface area contributed by atoms with Crippen molar-refractivity contribution in [3.8, 4) is 0 Å². The number of nitrogens with one attached hydrogen (secondary N) is 1. The zero-order valence-corrected chi connectivity index (χ0v) is 20.4. The molecule has 1 fully saturated rings. The number of nitrogen functional groups attached to an aromatic ring is 1. The first-order valence-corrected chi connectivity index (χ1v) is 12.8. The zero-order valence-electron chi connectivity index (χ0n) is 17.9. The molecule has 0 aromatic carbocycles. The Morgan fingerprint density at radius 2 is 2.14 bits per heavy atom. The molecule has 0 aliphatic carbocycles. The molecular weight excluding hydrogens is 520 g/mol. The van der Waals surface area contributed by atoms with Crippen LogP contribution in [0.25, 0.3) is 5.57 Å². The number of carboxylic acid groups (broad SMARTS) is 2. The van der Waals surface area contributed by atoms with Crippen molar-refractivity contribution in [1.29, 1.82) is 0 Å². The number of carboxylic acids is 2. The second-order valence-corrected chi connectivity index (χ2v) is 10.2. The predicted molar refractivity (Wildman–Crippen MR) is 126 cm³/mol. The molecule has 35 heavy (non-hydrogen) atoms. The minimum atomic E-state index is -1.25. The van der Waals surface area contributed by atoms with E-state index in [-0.39, 0.29) is 27.8 Å². The zero-order chi connectivity index (χ0) is 25.3. The van der Waals surface area contributed by atoms with Gasteiger partial charge in [0.15, 0.2) is 5.13 Å². The summed E-state index contributed by atoms with van der Waals surface area (Å²) < 4.78 is 1.45. The van der Waals surface area contributed by atoms with Gasteiger partial charge in [-0.15, -0.1) is 28.2 Å². The molecule has 2 aromatic heterocycles. The minimum absolute atomic E-state index is 0.0317. The Morgan fingerprint density at radius 1 is 1.37 bits per heavy atom. The number of β-lactam (4-membered cyclic amide) rings is 1. The van der Waals surface area contributed by atoms with E-state index in [4.69, 9.17) is 10.8 Å². The van der Waals surface area contributed by atoms with Crippen LogP contribution in [0, 0.1) is 0 Å². The molecule has 4 rings (SSSR count). The molecule has 17 heteroatoms. The molecule has 184 valence electrons. The van der Waals surface area contributed by atoms with Gasteiger partial charge < -0.3 is 21.3 Å². The van der Waals surface area contributed by atoms with Crippen molar-refractivity contribution in [1.82, 2.24) is 35.4 Å². The van der Waals surface area contributed by atoms with Crippen molar-refractivity contribution >= 4 is 69.3 Å². The number of carbonyl (C=O) groups is 4. The van der Waals surface area contributed by atoms with Crippen molar-refractivity contribution in [2.45, 2.75) is 23.0 Å². The molecule has 1 unspecified atom stereocenters. The summed E-state index contributed by atoms with van der Waals surface area (Å²) in [6.45, 7) is 0. The summed E-state index contributed by atoms with van der Waals surface area (Å²) in [6, 6.07) is -0.983. The highest BCUT2D eigenvalue weighted by molar-refractivity contribution is 8.01. The van der Waals surface area contributed by atoms with Crippen molar-refractivity contribution in [3.05, 3.63) is 28.4 Å². The summed E-state index contributed by atoms with van der Waals surface area (Å²) in [5, 5.41) is 34.1. The van der Waals surface area contributed by atoms with Gasteiger partial charge in [0.1, 0.15) is 17.1 Å². The van der Waals surface area contributed by atoms with Crippen LogP contribution in [0.15, 0.2) is 27.9 Å². The smallest absolute Gasteiger partial charge is 0.352 e. The lowest BCUT2D eigenvalue weighted by atomic mass is 10.0. The van der Waals surface area contributed by atoms with E-state index < -0.39 is 41.6 Å². The number of amides is 2. The molecule has 2 aliphatic rings. The summed E-state index contributed by atoms with van der Waals surface area (Å²) in [5.41, 5.74) is 6.20. The highest BCUT2D eigenvalue weighted by atomic mass is 32.2. The second-order valence-electron chi connectivity index (χ2n) is 7.28. The first-order valence-electron chi connectivity index (χ1n) is 9.86. The molecule has 4 heterocycles. The summed E-state index contributed by atoms with van der Waals surface area (Å²) in [5.74, 6) is -3.08. The number of tetrazole rings is 1. The summed E-state index contributed by atoms with van der Waals surface area (Å²) in [7, 11) is 1.66. The lowest BCUT2D eigenvalue weighted by Gasteiger charge is -2.49. The van der Waals surface area contributed by atoms with E-state index in [1.54, 1.807) is 7.05 Å². The first-order chi connectivity index (χ1) is 16.7. The number of nitrogens with zero attached hydrogens (tertiary/aromatic N) is 6.